The quantitative estimate of drug-likeness (QED) is 0.283. The van der Waals surface area contributed by atoms with Gasteiger partial charge in [0.25, 0.3) is 0 Å². The lowest BCUT2D eigenvalue weighted by molar-refractivity contribution is -0.0339. The Morgan fingerprint density at radius 3 is 1.91 bits per heavy atom. The van der Waals surface area contributed by atoms with Crippen molar-refractivity contribution in [1.82, 2.24) is 0 Å². The summed E-state index contributed by atoms with van der Waals surface area (Å²) in [6, 6.07) is 0. The molecule has 2 aliphatic heterocycles. The molecule has 3 nitrogen and oxygen atoms in total. The van der Waals surface area contributed by atoms with Crippen LogP contribution in [0.25, 0.3) is 0 Å². The second kappa shape index (κ2) is 11.4. The molecule has 0 aliphatic carbocycles. The van der Waals surface area contributed by atoms with Gasteiger partial charge in [-0.15, -0.1) is 0 Å². The Balaban J connectivity index is 1.55. The highest BCUT2D eigenvalue weighted by Gasteiger charge is 2.57. The van der Waals surface area contributed by atoms with E-state index in [1.807, 2.05) is 13.8 Å². The average Bonchev–Trinajstić information content (AvgIpc) is 3.53. The zero-order valence-corrected chi connectivity index (χ0v) is 24.4. The second-order valence-electron chi connectivity index (χ2n) is 13.2. The van der Waals surface area contributed by atoms with Crippen molar-refractivity contribution in [1.29, 1.82) is 0 Å². The van der Waals surface area contributed by atoms with Gasteiger partial charge in [0, 0.05) is 11.5 Å². The molecule has 1 N–H and O–H groups in total. The number of phenolic OH excluding ortho intramolecular Hbond substituents is 1. The molecule has 0 aromatic heterocycles. The predicted molar refractivity (Wildman–Crippen MR) is 148 cm³/mol. The lowest BCUT2D eigenvalue weighted by Gasteiger charge is -2.46. The summed E-state index contributed by atoms with van der Waals surface area (Å²) in [6.07, 6.45) is 12.7. The Kier molecular flexibility index (Phi) is 9.27. The molecule has 1 aromatic rings. The van der Waals surface area contributed by atoms with Crippen LogP contribution in [0.1, 0.15) is 122 Å². The molecule has 0 bridgehead atoms. The third-order valence-corrected chi connectivity index (χ3v) is 9.40. The summed E-state index contributed by atoms with van der Waals surface area (Å²) in [5.41, 5.74) is 3.86. The highest BCUT2D eigenvalue weighted by molar-refractivity contribution is 5.58. The zero-order chi connectivity index (χ0) is 26.0. The number of benzene rings is 1. The maximum Gasteiger partial charge on any atom is 0.127 e. The van der Waals surface area contributed by atoms with Crippen LogP contribution in [0.2, 0.25) is 0 Å². The molecule has 0 spiro atoms. The molecule has 5 atom stereocenters. The SMILES string of the molecule is Cc1c(C)c2c(c(C)c1O)CC(C1(C)CO1)[C@](C)(CCC[C@H](C)CCC[C@@H](C)CCCC(C)C)O2. The molecule has 0 saturated carbocycles. The van der Waals surface area contributed by atoms with E-state index in [-0.39, 0.29) is 11.2 Å². The normalized spacial score (nSPS) is 27.4. The van der Waals surface area contributed by atoms with Gasteiger partial charge in [0.05, 0.1) is 12.2 Å². The highest BCUT2D eigenvalue weighted by Crippen LogP contribution is 2.53. The van der Waals surface area contributed by atoms with E-state index in [0.29, 0.717) is 11.7 Å². The third-order valence-electron chi connectivity index (χ3n) is 9.40. The molecule has 2 heterocycles. The van der Waals surface area contributed by atoms with Crippen LogP contribution in [-0.2, 0) is 11.2 Å². The van der Waals surface area contributed by atoms with Crippen molar-refractivity contribution < 1.29 is 14.6 Å². The summed E-state index contributed by atoms with van der Waals surface area (Å²) in [4.78, 5) is 0. The van der Waals surface area contributed by atoms with Crippen LogP contribution < -0.4 is 4.74 Å². The Hall–Kier alpha value is -1.22. The molecule has 2 unspecified atom stereocenters. The van der Waals surface area contributed by atoms with Gasteiger partial charge >= 0.3 is 0 Å². The smallest absolute Gasteiger partial charge is 0.127 e. The Morgan fingerprint density at radius 2 is 1.37 bits per heavy atom. The number of epoxide rings is 1. The monoisotopic (exact) mass is 486 g/mol. The van der Waals surface area contributed by atoms with Gasteiger partial charge in [0.1, 0.15) is 17.1 Å². The van der Waals surface area contributed by atoms with Crippen LogP contribution in [0.4, 0.5) is 0 Å². The van der Waals surface area contributed by atoms with Crippen molar-refractivity contribution >= 4 is 0 Å². The van der Waals surface area contributed by atoms with Crippen molar-refractivity contribution in [3.63, 3.8) is 0 Å². The van der Waals surface area contributed by atoms with Crippen molar-refractivity contribution in [3.05, 3.63) is 22.3 Å². The summed E-state index contributed by atoms with van der Waals surface area (Å²) >= 11 is 0. The number of phenols is 1. The number of ether oxygens (including phenoxy) is 2. The Bertz CT molecular complexity index is 853. The molecular formula is C32H54O3. The summed E-state index contributed by atoms with van der Waals surface area (Å²) in [5.74, 6) is 4.22. The topological polar surface area (TPSA) is 42.0 Å². The van der Waals surface area contributed by atoms with Crippen molar-refractivity contribution in [2.45, 2.75) is 138 Å². The van der Waals surface area contributed by atoms with Crippen LogP contribution in [0.5, 0.6) is 11.5 Å². The van der Waals surface area contributed by atoms with Crippen LogP contribution in [0, 0.1) is 44.4 Å². The van der Waals surface area contributed by atoms with Crippen LogP contribution >= 0.6 is 0 Å². The van der Waals surface area contributed by atoms with Gasteiger partial charge in [-0.25, -0.2) is 0 Å². The molecule has 1 fully saturated rings. The fourth-order valence-electron chi connectivity index (χ4n) is 6.46. The predicted octanol–water partition coefficient (Wildman–Crippen LogP) is 8.86. The first-order valence-corrected chi connectivity index (χ1v) is 14.5. The second-order valence-corrected chi connectivity index (χ2v) is 13.2. The standard InChI is InChI=1S/C32H54O3/c1-21(2)13-10-14-22(3)15-11-16-23(4)17-12-18-31(8)28(32(9)20-34-32)19-27-26(7)29(33)24(5)25(6)30(27)35-31/h21-23,28,33H,10-20H2,1-9H3/t22-,23+,28?,31-,32?/m0/s1. The number of fused-ring (bicyclic) bond motifs is 1. The van der Waals surface area contributed by atoms with E-state index in [0.717, 1.165) is 59.6 Å². The van der Waals surface area contributed by atoms with E-state index in [1.54, 1.807) is 0 Å². The van der Waals surface area contributed by atoms with E-state index in [2.05, 4.69) is 48.5 Å². The van der Waals surface area contributed by atoms with Crippen LogP contribution in [0.3, 0.4) is 0 Å². The Morgan fingerprint density at radius 1 is 0.829 bits per heavy atom. The minimum atomic E-state index is -0.233. The van der Waals surface area contributed by atoms with E-state index in [4.69, 9.17) is 9.47 Å². The number of hydrogen-bond donors (Lipinski definition) is 1. The van der Waals surface area contributed by atoms with Crippen LogP contribution in [-0.4, -0.2) is 22.9 Å². The van der Waals surface area contributed by atoms with Gasteiger partial charge < -0.3 is 14.6 Å². The third kappa shape index (κ3) is 6.76. The van der Waals surface area contributed by atoms with Crippen molar-refractivity contribution in [2.75, 3.05) is 6.61 Å². The maximum atomic E-state index is 10.7. The summed E-state index contributed by atoms with van der Waals surface area (Å²) in [5, 5.41) is 10.7. The van der Waals surface area contributed by atoms with E-state index in [1.165, 1.54) is 56.9 Å². The fourth-order valence-corrected chi connectivity index (χ4v) is 6.46. The van der Waals surface area contributed by atoms with Gasteiger partial charge in [-0.2, -0.15) is 0 Å². The van der Waals surface area contributed by atoms with E-state index in [9.17, 15) is 5.11 Å². The number of rotatable bonds is 13. The molecule has 0 amide bonds. The minimum absolute atomic E-state index is 0.107. The summed E-state index contributed by atoms with van der Waals surface area (Å²) < 4.78 is 12.9. The molecule has 0 radical (unpaired) electrons. The molecule has 3 heteroatoms. The lowest BCUT2D eigenvalue weighted by atomic mass is 9.70. The molecular weight excluding hydrogens is 432 g/mol. The van der Waals surface area contributed by atoms with Gasteiger partial charge in [-0.3, -0.25) is 0 Å². The molecule has 3 rings (SSSR count). The first-order chi connectivity index (χ1) is 16.4. The number of aromatic hydroxyl groups is 1. The lowest BCUT2D eigenvalue weighted by Crippen LogP contribution is -2.51. The van der Waals surface area contributed by atoms with Gasteiger partial charge in [0.15, 0.2) is 0 Å². The fraction of sp³-hybridized carbons (Fsp3) is 0.812. The summed E-state index contributed by atoms with van der Waals surface area (Å²) in [6.45, 7) is 21.0. The zero-order valence-electron chi connectivity index (χ0n) is 24.4. The Labute approximate surface area is 216 Å². The first-order valence-electron chi connectivity index (χ1n) is 14.5. The van der Waals surface area contributed by atoms with E-state index < -0.39 is 0 Å². The van der Waals surface area contributed by atoms with Gasteiger partial charge in [0.2, 0.25) is 0 Å². The molecule has 200 valence electrons. The average molecular weight is 487 g/mol. The summed E-state index contributed by atoms with van der Waals surface area (Å²) in [7, 11) is 0. The first kappa shape index (κ1) is 28.4. The molecule has 1 saturated heterocycles. The largest absolute Gasteiger partial charge is 0.507 e. The van der Waals surface area contributed by atoms with E-state index >= 15 is 0 Å². The molecule has 1 aromatic carbocycles. The number of hydrogen-bond acceptors (Lipinski definition) is 3. The van der Waals surface area contributed by atoms with Gasteiger partial charge in [-0.05, 0) is 88.3 Å². The van der Waals surface area contributed by atoms with Crippen molar-refractivity contribution in [2.24, 2.45) is 23.7 Å². The molecule has 35 heavy (non-hydrogen) atoms. The van der Waals surface area contributed by atoms with Gasteiger partial charge in [-0.1, -0.05) is 72.6 Å². The molecule has 2 aliphatic rings. The van der Waals surface area contributed by atoms with Crippen LogP contribution in [0.15, 0.2) is 0 Å². The highest BCUT2D eigenvalue weighted by atomic mass is 16.6. The maximum absolute atomic E-state index is 10.7. The minimum Gasteiger partial charge on any atom is -0.507 e. The van der Waals surface area contributed by atoms with Crippen molar-refractivity contribution in [3.8, 4) is 11.5 Å².